The van der Waals surface area contributed by atoms with E-state index in [0.717, 1.165) is 85.5 Å². The summed E-state index contributed by atoms with van der Waals surface area (Å²) in [6.45, 7) is 6.79. The van der Waals surface area contributed by atoms with E-state index in [1.54, 1.807) is 14.2 Å². The highest BCUT2D eigenvalue weighted by atomic mass is 16.5. The van der Waals surface area contributed by atoms with Crippen LogP contribution in [0.1, 0.15) is 84.7 Å². The first-order valence-electron chi connectivity index (χ1n) is 20.7. The first-order valence-corrected chi connectivity index (χ1v) is 20.7. The molecule has 0 amide bonds. The van der Waals surface area contributed by atoms with Crippen LogP contribution in [0.25, 0.3) is 11.1 Å². The van der Waals surface area contributed by atoms with E-state index in [1.807, 2.05) is 84.9 Å². The number of rotatable bonds is 24. The Morgan fingerprint density at radius 1 is 0.433 bits per heavy atom. The molecule has 310 valence electrons. The molecule has 5 rings (SSSR count). The molecular weight excluding hydrogens is 749 g/mol. The summed E-state index contributed by atoms with van der Waals surface area (Å²) in [5, 5.41) is 19.7. The van der Waals surface area contributed by atoms with Crippen molar-refractivity contribution in [2.75, 3.05) is 40.6 Å². The van der Waals surface area contributed by atoms with Gasteiger partial charge in [-0.2, -0.15) is 10.5 Å². The second-order valence-electron chi connectivity index (χ2n) is 14.5. The van der Waals surface area contributed by atoms with Crippen LogP contribution in [-0.4, -0.2) is 40.6 Å². The van der Waals surface area contributed by atoms with Crippen LogP contribution in [0.4, 0.5) is 0 Å². The van der Waals surface area contributed by atoms with Crippen LogP contribution in [-0.2, 0) is 0 Å². The van der Waals surface area contributed by atoms with Gasteiger partial charge in [-0.25, -0.2) is 0 Å². The molecule has 0 heterocycles. The number of aryl methyl sites for hydroxylation is 2. The molecule has 0 aliphatic heterocycles. The molecule has 0 bridgehead atoms. The Kier molecular flexibility index (Phi) is 18.0. The van der Waals surface area contributed by atoms with E-state index < -0.39 is 0 Å². The van der Waals surface area contributed by atoms with Crippen molar-refractivity contribution in [1.82, 2.24) is 0 Å². The number of allylic oxidation sites excluding steroid dienone is 2. The summed E-state index contributed by atoms with van der Waals surface area (Å²) < 4.78 is 35.5. The maximum atomic E-state index is 9.84. The SMILES string of the molecule is COc1cc(/C(=C\C#N)c2ccc(OCCCCCCOc3ccc(C)cc3)cc2)c(OC)cc1/C(=C\C#N)c1ccc(OCCCCCCOc2ccc(C)cc2)cc1. The lowest BCUT2D eigenvalue weighted by Crippen LogP contribution is -2.01. The fourth-order valence-electron chi connectivity index (χ4n) is 6.69. The Bertz CT molecular complexity index is 2050. The lowest BCUT2D eigenvalue weighted by molar-refractivity contribution is 0.287. The molecule has 0 spiro atoms. The quantitative estimate of drug-likeness (QED) is 0.0449. The second-order valence-corrected chi connectivity index (χ2v) is 14.5. The normalized spacial score (nSPS) is 11.3. The maximum absolute atomic E-state index is 9.84. The number of ether oxygens (including phenoxy) is 6. The van der Waals surface area contributed by atoms with Crippen LogP contribution in [0.5, 0.6) is 34.5 Å². The number of benzene rings is 5. The molecule has 0 aromatic heterocycles. The maximum Gasteiger partial charge on any atom is 0.127 e. The zero-order valence-electron chi connectivity index (χ0n) is 35.4. The first-order chi connectivity index (χ1) is 29.4. The van der Waals surface area contributed by atoms with Gasteiger partial charge in [0.1, 0.15) is 34.5 Å². The van der Waals surface area contributed by atoms with Crippen molar-refractivity contribution >= 4 is 11.1 Å². The molecule has 0 aliphatic carbocycles. The zero-order valence-corrected chi connectivity index (χ0v) is 35.4. The summed E-state index contributed by atoms with van der Waals surface area (Å²) in [6, 6.07) is 39.8. The first kappa shape index (κ1) is 44.5. The molecule has 0 fully saturated rings. The van der Waals surface area contributed by atoms with Crippen molar-refractivity contribution in [2.24, 2.45) is 0 Å². The topological polar surface area (TPSA) is 103 Å². The highest BCUT2D eigenvalue weighted by molar-refractivity contribution is 5.90. The van der Waals surface area contributed by atoms with Crippen molar-refractivity contribution in [2.45, 2.75) is 65.2 Å². The Morgan fingerprint density at radius 3 is 0.983 bits per heavy atom. The van der Waals surface area contributed by atoms with Gasteiger partial charge in [0, 0.05) is 34.4 Å². The highest BCUT2D eigenvalue weighted by Gasteiger charge is 2.20. The molecule has 8 nitrogen and oxygen atoms in total. The summed E-state index contributed by atoms with van der Waals surface area (Å²) in [5.41, 5.74) is 6.78. The third-order valence-corrected chi connectivity index (χ3v) is 10.0. The van der Waals surface area contributed by atoms with Crippen LogP contribution in [0, 0.1) is 36.5 Å². The number of nitrogens with zero attached hydrogens (tertiary/aromatic N) is 2. The van der Waals surface area contributed by atoms with E-state index in [1.165, 1.54) is 23.3 Å². The summed E-state index contributed by atoms with van der Waals surface area (Å²) in [7, 11) is 3.18. The van der Waals surface area contributed by atoms with Crippen molar-refractivity contribution in [3.63, 3.8) is 0 Å². The Hall–Kier alpha value is -6.64. The Balaban J connectivity index is 1.14. The molecule has 8 heteroatoms. The third kappa shape index (κ3) is 13.7. The third-order valence-electron chi connectivity index (χ3n) is 10.0. The van der Waals surface area contributed by atoms with Crippen molar-refractivity contribution in [3.8, 4) is 46.6 Å². The average Bonchev–Trinajstić information content (AvgIpc) is 3.28. The predicted octanol–water partition coefficient (Wildman–Crippen LogP) is 12.3. The molecule has 60 heavy (non-hydrogen) atoms. The fourth-order valence-corrected chi connectivity index (χ4v) is 6.69. The molecular formula is C52H56N2O6. The van der Waals surface area contributed by atoms with Gasteiger partial charge in [0.15, 0.2) is 0 Å². The van der Waals surface area contributed by atoms with Crippen LogP contribution < -0.4 is 28.4 Å². The van der Waals surface area contributed by atoms with E-state index in [2.05, 4.69) is 50.3 Å². The standard InChI is InChI=1S/C52H56N2O6/c1-39-13-21-43(22-14-39)57-33-9-5-7-11-35-59-45-25-17-41(18-26-45)47(29-31-53)49-37-52(56-4)50(38-51(49)55-3)48(30-32-54)42-19-27-46(28-20-42)60-36-12-8-6-10-34-58-44-23-15-40(2)16-24-44/h13-30,37-38H,5-12,33-36H2,1-4H3/b47-29-,48-30-. The van der Waals surface area contributed by atoms with Gasteiger partial charge in [0.05, 0.1) is 52.8 Å². The summed E-state index contributed by atoms with van der Waals surface area (Å²) in [4.78, 5) is 0. The monoisotopic (exact) mass is 804 g/mol. The second kappa shape index (κ2) is 24.3. The number of hydrogen-bond donors (Lipinski definition) is 0. The number of nitriles is 2. The van der Waals surface area contributed by atoms with Gasteiger partial charge >= 0.3 is 0 Å². The lowest BCUT2D eigenvalue weighted by atomic mass is 9.91. The van der Waals surface area contributed by atoms with Gasteiger partial charge in [-0.1, -0.05) is 59.7 Å². The van der Waals surface area contributed by atoms with E-state index in [-0.39, 0.29) is 0 Å². The number of unbranched alkanes of at least 4 members (excludes halogenated alkanes) is 6. The van der Waals surface area contributed by atoms with E-state index in [9.17, 15) is 10.5 Å². The minimum atomic E-state index is 0.530. The summed E-state index contributed by atoms with van der Waals surface area (Å²) >= 11 is 0. The minimum absolute atomic E-state index is 0.530. The van der Waals surface area contributed by atoms with Crippen molar-refractivity contribution in [1.29, 1.82) is 10.5 Å². The van der Waals surface area contributed by atoms with Crippen LogP contribution in [0.15, 0.2) is 121 Å². The van der Waals surface area contributed by atoms with Gasteiger partial charge in [0.2, 0.25) is 0 Å². The van der Waals surface area contributed by atoms with E-state index >= 15 is 0 Å². The van der Waals surface area contributed by atoms with Gasteiger partial charge < -0.3 is 28.4 Å². The number of hydrogen-bond acceptors (Lipinski definition) is 8. The summed E-state index contributed by atoms with van der Waals surface area (Å²) in [6.07, 6.45) is 11.2. The smallest absolute Gasteiger partial charge is 0.127 e. The fraction of sp³-hybridized carbons (Fsp3) is 0.308. The molecule has 0 N–H and O–H groups in total. The molecule has 5 aromatic carbocycles. The minimum Gasteiger partial charge on any atom is -0.496 e. The number of methoxy groups -OCH3 is 2. The van der Waals surface area contributed by atoms with E-state index in [0.29, 0.717) is 60.2 Å². The molecule has 0 atom stereocenters. The molecule has 0 saturated carbocycles. The van der Waals surface area contributed by atoms with Gasteiger partial charge in [-0.05, 0) is 137 Å². The largest absolute Gasteiger partial charge is 0.496 e. The summed E-state index contributed by atoms with van der Waals surface area (Å²) in [5.74, 6) is 4.40. The lowest BCUT2D eigenvalue weighted by Gasteiger charge is -2.19. The van der Waals surface area contributed by atoms with Gasteiger partial charge in [-0.15, -0.1) is 0 Å². The van der Waals surface area contributed by atoms with Crippen molar-refractivity contribution < 1.29 is 28.4 Å². The van der Waals surface area contributed by atoms with Gasteiger partial charge in [0.25, 0.3) is 0 Å². The average molecular weight is 805 g/mol. The molecule has 0 aliphatic rings. The Labute approximate surface area is 356 Å². The molecule has 0 saturated heterocycles. The van der Waals surface area contributed by atoms with Crippen LogP contribution in [0.3, 0.4) is 0 Å². The van der Waals surface area contributed by atoms with E-state index in [4.69, 9.17) is 28.4 Å². The Morgan fingerprint density at radius 2 is 0.717 bits per heavy atom. The van der Waals surface area contributed by atoms with Crippen LogP contribution in [0.2, 0.25) is 0 Å². The van der Waals surface area contributed by atoms with Crippen LogP contribution >= 0.6 is 0 Å². The van der Waals surface area contributed by atoms with Gasteiger partial charge in [-0.3, -0.25) is 0 Å². The molecule has 0 unspecified atom stereocenters. The predicted molar refractivity (Wildman–Crippen MR) is 239 cm³/mol. The highest BCUT2D eigenvalue weighted by Crippen LogP contribution is 2.41. The van der Waals surface area contributed by atoms with Crippen molar-refractivity contribution in [3.05, 3.63) is 155 Å². The molecule has 0 radical (unpaired) electrons. The zero-order chi connectivity index (χ0) is 42.4. The molecule has 5 aromatic rings.